The molecule has 5 heteroatoms. The Kier molecular flexibility index (Phi) is 4.73. The van der Waals surface area contributed by atoms with E-state index >= 15 is 0 Å². The van der Waals surface area contributed by atoms with Crippen molar-refractivity contribution in [2.75, 3.05) is 11.9 Å². The Morgan fingerprint density at radius 3 is 2.88 bits per heavy atom. The lowest BCUT2D eigenvalue weighted by Crippen LogP contribution is -2.15. The van der Waals surface area contributed by atoms with Crippen molar-refractivity contribution < 1.29 is 9.53 Å². The number of hydrogen-bond acceptors (Lipinski definition) is 3. The molecule has 3 rings (SSSR count). The minimum atomic E-state index is -0.106. The molecular weight excluding hydrogens is 324 g/mol. The molecule has 1 aliphatic rings. The molecule has 0 spiro atoms. The van der Waals surface area contributed by atoms with Crippen LogP contribution in [0.4, 0.5) is 5.69 Å². The molecule has 122 valence electrons. The molecule has 1 amide bonds. The number of nitrogens with zero attached hydrogens (tertiary/aromatic N) is 1. The Morgan fingerprint density at radius 1 is 1.38 bits per heavy atom. The van der Waals surface area contributed by atoms with Crippen molar-refractivity contribution in [3.05, 3.63) is 58.6 Å². The van der Waals surface area contributed by atoms with E-state index in [9.17, 15) is 4.79 Å². The second kappa shape index (κ2) is 6.94. The van der Waals surface area contributed by atoms with E-state index in [2.05, 4.69) is 11.4 Å². The number of rotatable bonds is 5. The van der Waals surface area contributed by atoms with Gasteiger partial charge in [0.1, 0.15) is 5.75 Å². The van der Waals surface area contributed by atoms with Crippen molar-refractivity contribution in [1.82, 2.24) is 0 Å². The monoisotopic (exact) mass is 340 g/mol. The zero-order valence-corrected chi connectivity index (χ0v) is 14.0. The molecule has 2 aromatic carbocycles. The molecule has 24 heavy (non-hydrogen) atoms. The Labute approximate surface area is 146 Å². The average Bonchev–Trinajstić information content (AvgIpc) is 3.37. The maximum atomic E-state index is 12.5. The highest BCUT2D eigenvalue weighted by atomic mass is 35.5. The van der Waals surface area contributed by atoms with E-state index < -0.39 is 0 Å². The molecule has 1 saturated carbocycles. The first-order valence-corrected chi connectivity index (χ1v) is 8.24. The van der Waals surface area contributed by atoms with Crippen LogP contribution in [0.15, 0.2) is 42.5 Å². The third kappa shape index (κ3) is 3.37. The second-order valence-electron chi connectivity index (χ2n) is 5.72. The lowest BCUT2D eigenvalue weighted by molar-refractivity contribution is -0.117. The van der Waals surface area contributed by atoms with Crippen molar-refractivity contribution in [3.8, 4) is 11.8 Å². The average molecular weight is 341 g/mol. The van der Waals surface area contributed by atoms with Crippen molar-refractivity contribution in [2.45, 2.75) is 19.3 Å². The van der Waals surface area contributed by atoms with Gasteiger partial charge in [0.15, 0.2) is 0 Å². The summed E-state index contributed by atoms with van der Waals surface area (Å²) in [6.45, 7) is 2.36. The number of anilines is 1. The Bertz CT molecular complexity index is 813. The Balaban J connectivity index is 1.74. The highest BCUT2D eigenvalue weighted by Crippen LogP contribution is 2.50. The number of amides is 1. The fourth-order valence-corrected chi connectivity index (χ4v) is 3.08. The van der Waals surface area contributed by atoms with Gasteiger partial charge in [0.05, 0.1) is 23.9 Å². The summed E-state index contributed by atoms with van der Waals surface area (Å²) in [5, 5.41) is 12.6. The van der Waals surface area contributed by atoms with Crippen LogP contribution in [0, 0.1) is 17.2 Å². The molecule has 0 saturated heterocycles. The zero-order valence-electron chi connectivity index (χ0n) is 13.3. The topological polar surface area (TPSA) is 62.1 Å². The van der Waals surface area contributed by atoms with Crippen LogP contribution in [0.3, 0.4) is 0 Å². The predicted octanol–water partition coefficient (Wildman–Crippen LogP) is 4.35. The number of nitrogens with one attached hydrogen (secondary N) is 1. The van der Waals surface area contributed by atoms with Gasteiger partial charge in [-0.05, 0) is 49.1 Å². The van der Waals surface area contributed by atoms with Crippen LogP contribution >= 0.6 is 11.6 Å². The van der Waals surface area contributed by atoms with Crippen LogP contribution in [0.1, 0.15) is 30.4 Å². The van der Waals surface area contributed by atoms with Gasteiger partial charge < -0.3 is 10.1 Å². The lowest BCUT2D eigenvalue weighted by atomic mass is 10.1. The minimum absolute atomic E-state index is 0.0732. The number of carbonyl (C=O) groups is 1. The summed E-state index contributed by atoms with van der Waals surface area (Å²) >= 11 is 6.21. The molecular formula is C19H17ClN2O2. The van der Waals surface area contributed by atoms with Crippen LogP contribution in [0.5, 0.6) is 5.75 Å². The van der Waals surface area contributed by atoms with Gasteiger partial charge in [-0.15, -0.1) is 0 Å². The minimum Gasteiger partial charge on any atom is -0.492 e. The third-order valence-corrected chi connectivity index (χ3v) is 4.44. The molecule has 2 atom stereocenters. The third-order valence-electron chi connectivity index (χ3n) is 4.10. The molecule has 0 aromatic heterocycles. The molecule has 0 heterocycles. The molecule has 2 unspecified atom stereocenters. The molecule has 1 fully saturated rings. The summed E-state index contributed by atoms with van der Waals surface area (Å²) in [4.78, 5) is 12.5. The molecule has 1 N–H and O–H groups in total. The standard InChI is InChI=1S/C19H17ClN2O2/c1-2-24-18-8-7-12(11-21)9-17(18)22-19(23)15-10-14(15)13-5-3-4-6-16(13)20/h3-9,14-15H,2,10H2,1H3,(H,22,23). The van der Waals surface area contributed by atoms with E-state index in [1.807, 2.05) is 31.2 Å². The van der Waals surface area contributed by atoms with E-state index in [0.717, 1.165) is 12.0 Å². The van der Waals surface area contributed by atoms with Crippen LogP contribution in [-0.4, -0.2) is 12.5 Å². The first-order valence-electron chi connectivity index (χ1n) is 7.86. The van der Waals surface area contributed by atoms with Gasteiger partial charge in [-0.2, -0.15) is 5.26 Å². The van der Waals surface area contributed by atoms with Crippen molar-refractivity contribution in [3.63, 3.8) is 0 Å². The maximum Gasteiger partial charge on any atom is 0.228 e. The second-order valence-corrected chi connectivity index (χ2v) is 6.12. The molecule has 0 radical (unpaired) electrons. The molecule has 4 nitrogen and oxygen atoms in total. The van der Waals surface area contributed by atoms with Gasteiger partial charge in [-0.3, -0.25) is 4.79 Å². The molecule has 1 aliphatic carbocycles. The highest BCUT2D eigenvalue weighted by molar-refractivity contribution is 6.31. The predicted molar refractivity (Wildman–Crippen MR) is 93.3 cm³/mol. The number of carbonyl (C=O) groups excluding carboxylic acids is 1. The molecule has 0 aliphatic heterocycles. The normalized spacial score (nSPS) is 18.5. The quantitative estimate of drug-likeness (QED) is 0.880. The van der Waals surface area contributed by atoms with Gasteiger partial charge >= 0.3 is 0 Å². The lowest BCUT2D eigenvalue weighted by Gasteiger charge is -2.12. The Hall–Kier alpha value is -2.51. The zero-order chi connectivity index (χ0) is 17.1. The van der Waals surface area contributed by atoms with E-state index in [-0.39, 0.29) is 17.7 Å². The van der Waals surface area contributed by atoms with Gasteiger partial charge in [0.25, 0.3) is 0 Å². The van der Waals surface area contributed by atoms with E-state index in [1.165, 1.54) is 0 Å². The van der Waals surface area contributed by atoms with Gasteiger partial charge in [-0.1, -0.05) is 29.8 Å². The summed E-state index contributed by atoms with van der Waals surface area (Å²) < 4.78 is 5.52. The summed E-state index contributed by atoms with van der Waals surface area (Å²) in [7, 11) is 0. The summed E-state index contributed by atoms with van der Waals surface area (Å²) in [5.41, 5.74) is 2.02. The van der Waals surface area contributed by atoms with Gasteiger partial charge in [-0.25, -0.2) is 0 Å². The SMILES string of the molecule is CCOc1ccc(C#N)cc1NC(=O)C1CC1c1ccccc1Cl. The van der Waals surface area contributed by atoms with Crippen LogP contribution in [0.2, 0.25) is 5.02 Å². The number of hydrogen-bond donors (Lipinski definition) is 1. The highest BCUT2D eigenvalue weighted by Gasteiger charge is 2.44. The van der Waals surface area contributed by atoms with E-state index in [0.29, 0.717) is 28.6 Å². The van der Waals surface area contributed by atoms with E-state index in [1.54, 1.807) is 18.2 Å². The first kappa shape index (κ1) is 16.4. The van der Waals surface area contributed by atoms with Gasteiger partial charge in [0.2, 0.25) is 5.91 Å². The summed E-state index contributed by atoms with van der Waals surface area (Å²) in [5.74, 6) is 0.536. The molecule has 0 bridgehead atoms. The summed E-state index contributed by atoms with van der Waals surface area (Å²) in [6.07, 6.45) is 0.775. The number of nitriles is 1. The van der Waals surface area contributed by atoms with Crippen molar-refractivity contribution in [1.29, 1.82) is 5.26 Å². The fraction of sp³-hybridized carbons (Fsp3) is 0.263. The van der Waals surface area contributed by atoms with Crippen LogP contribution in [0.25, 0.3) is 0 Å². The number of ether oxygens (including phenoxy) is 1. The smallest absolute Gasteiger partial charge is 0.228 e. The van der Waals surface area contributed by atoms with Crippen molar-refractivity contribution >= 4 is 23.2 Å². The Morgan fingerprint density at radius 2 is 2.17 bits per heavy atom. The van der Waals surface area contributed by atoms with E-state index in [4.69, 9.17) is 21.6 Å². The molecule has 2 aromatic rings. The fourth-order valence-electron chi connectivity index (χ4n) is 2.81. The number of halogens is 1. The van der Waals surface area contributed by atoms with Gasteiger partial charge in [0, 0.05) is 10.9 Å². The summed E-state index contributed by atoms with van der Waals surface area (Å²) in [6, 6.07) is 14.7. The van der Waals surface area contributed by atoms with Crippen LogP contribution in [-0.2, 0) is 4.79 Å². The van der Waals surface area contributed by atoms with Crippen LogP contribution < -0.4 is 10.1 Å². The maximum absolute atomic E-state index is 12.5. The van der Waals surface area contributed by atoms with Crippen molar-refractivity contribution in [2.24, 2.45) is 5.92 Å². The number of benzene rings is 2. The largest absolute Gasteiger partial charge is 0.492 e. The first-order chi connectivity index (χ1) is 11.6.